The molecule has 21 heavy (non-hydrogen) atoms. The predicted octanol–water partition coefficient (Wildman–Crippen LogP) is 1.33. The Labute approximate surface area is 123 Å². The number of anilines is 1. The first-order valence-corrected chi connectivity index (χ1v) is 7.11. The minimum Gasteiger partial charge on any atom is -0.396 e. The van der Waals surface area contributed by atoms with Crippen LogP contribution in [0.1, 0.15) is 30.4 Å². The lowest BCUT2D eigenvalue weighted by Gasteiger charge is -2.06. The lowest BCUT2D eigenvalue weighted by atomic mass is 10.1. The zero-order chi connectivity index (χ0) is 14.9. The van der Waals surface area contributed by atoms with E-state index in [1.807, 2.05) is 12.1 Å². The van der Waals surface area contributed by atoms with Crippen LogP contribution in [0.15, 0.2) is 35.5 Å². The maximum Gasteiger partial charge on any atom is 0.255 e. The van der Waals surface area contributed by atoms with Crippen molar-refractivity contribution in [3.63, 3.8) is 0 Å². The molecule has 0 aliphatic carbocycles. The Balaban J connectivity index is 1.90. The van der Waals surface area contributed by atoms with E-state index in [-0.39, 0.29) is 12.2 Å². The Bertz CT molecular complexity index is 598. The highest BCUT2D eigenvalue weighted by atomic mass is 16.2. The summed E-state index contributed by atoms with van der Waals surface area (Å²) in [7, 11) is 0. The first-order valence-electron chi connectivity index (χ1n) is 7.11. The number of hydrogen-bond donors (Lipinski definition) is 3. The van der Waals surface area contributed by atoms with Crippen LogP contribution in [0.3, 0.4) is 0 Å². The third-order valence-corrected chi connectivity index (χ3v) is 3.12. The summed E-state index contributed by atoms with van der Waals surface area (Å²) in [6.07, 6.45) is 8.25. The van der Waals surface area contributed by atoms with Gasteiger partial charge in [0.05, 0.1) is 0 Å². The molecule has 0 atom stereocenters. The highest BCUT2D eigenvalue weighted by molar-refractivity contribution is 5.27. The van der Waals surface area contributed by atoms with Crippen LogP contribution < -0.4 is 10.9 Å². The van der Waals surface area contributed by atoms with Crippen molar-refractivity contribution in [2.45, 2.75) is 25.7 Å². The minimum atomic E-state index is -0.133. The summed E-state index contributed by atoms with van der Waals surface area (Å²) < 4.78 is 0. The Kier molecular flexibility index (Phi) is 5.90. The van der Waals surface area contributed by atoms with Crippen LogP contribution in [0.25, 0.3) is 0 Å². The Morgan fingerprint density at radius 3 is 2.86 bits per heavy atom. The summed E-state index contributed by atoms with van der Waals surface area (Å²) in [5, 5.41) is 11.8. The number of pyridine rings is 1. The third-order valence-electron chi connectivity index (χ3n) is 3.12. The van der Waals surface area contributed by atoms with E-state index in [0.29, 0.717) is 17.9 Å². The molecular weight excluding hydrogens is 268 g/mol. The molecule has 2 aromatic heterocycles. The number of aromatic nitrogens is 3. The smallest absolute Gasteiger partial charge is 0.255 e. The number of nitrogens with one attached hydrogen (secondary N) is 2. The predicted molar refractivity (Wildman–Crippen MR) is 81.3 cm³/mol. The van der Waals surface area contributed by atoms with Gasteiger partial charge in [-0.05, 0) is 30.9 Å². The Morgan fingerprint density at radius 2 is 2.14 bits per heavy atom. The monoisotopic (exact) mass is 288 g/mol. The average Bonchev–Trinajstić information content (AvgIpc) is 2.51. The standard InChI is InChI=1S/C15H20N4O2/c20-8-3-1-2-7-17-15-18-11-13(14(21)19-15)9-12-5-4-6-16-10-12/h4-6,10-11,20H,1-3,7-9H2,(H2,17,18,19,21). The second-order valence-corrected chi connectivity index (χ2v) is 4.84. The average molecular weight is 288 g/mol. The summed E-state index contributed by atoms with van der Waals surface area (Å²) in [6.45, 7) is 0.947. The van der Waals surface area contributed by atoms with Crippen LogP contribution >= 0.6 is 0 Å². The summed E-state index contributed by atoms with van der Waals surface area (Å²) >= 11 is 0. The molecular formula is C15H20N4O2. The van der Waals surface area contributed by atoms with Crippen LogP contribution in [0, 0.1) is 0 Å². The molecule has 0 spiro atoms. The van der Waals surface area contributed by atoms with Gasteiger partial charge in [0.25, 0.3) is 5.56 Å². The van der Waals surface area contributed by atoms with Gasteiger partial charge < -0.3 is 10.4 Å². The molecule has 0 radical (unpaired) electrons. The number of unbranched alkanes of at least 4 members (excludes halogenated alkanes) is 2. The maximum atomic E-state index is 12.0. The number of aliphatic hydroxyl groups is 1. The van der Waals surface area contributed by atoms with Gasteiger partial charge in [-0.2, -0.15) is 0 Å². The summed E-state index contributed by atoms with van der Waals surface area (Å²) in [5.41, 5.74) is 1.47. The third kappa shape index (κ3) is 5.00. The molecule has 3 N–H and O–H groups in total. The molecule has 0 saturated carbocycles. The van der Waals surface area contributed by atoms with Crippen molar-refractivity contribution in [2.24, 2.45) is 0 Å². The number of H-pyrrole nitrogens is 1. The first-order chi connectivity index (χ1) is 10.3. The van der Waals surface area contributed by atoms with E-state index in [0.717, 1.165) is 31.4 Å². The summed E-state index contributed by atoms with van der Waals surface area (Å²) in [4.78, 5) is 23.0. The SMILES string of the molecule is O=c1[nH]c(NCCCCCO)ncc1Cc1cccnc1. The van der Waals surface area contributed by atoms with E-state index in [1.165, 1.54) is 0 Å². The van der Waals surface area contributed by atoms with Crippen LogP contribution in [0.5, 0.6) is 0 Å². The fraction of sp³-hybridized carbons (Fsp3) is 0.400. The van der Waals surface area contributed by atoms with Gasteiger partial charge in [0, 0.05) is 43.7 Å². The second kappa shape index (κ2) is 8.16. The molecule has 112 valence electrons. The zero-order valence-corrected chi connectivity index (χ0v) is 11.9. The van der Waals surface area contributed by atoms with Crippen LogP contribution in [-0.2, 0) is 6.42 Å². The lowest BCUT2D eigenvalue weighted by Crippen LogP contribution is -2.17. The van der Waals surface area contributed by atoms with E-state index in [4.69, 9.17) is 5.11 Å². The van der Waals surface area contributed by atoms with Gasteiger partial charge in [0.15, 0.2) is 0 Å². The van der Waals surface area contributed by atoms with E-state index in [1.54, 1.807) is 18.6 Å². The van der Waals surface area contributed by atoms with Gasteiger partial charge in [-0.3, -0.25) is 14.8 Å². The molecule has 0 aliphatic heterocycles. The molecule has 0 amide bonds. The van der Waals surface area contributed by atoms with Crippen LogP contribution in [-0.4, -0.2) is 33.2 Å². The van der Waals surface area contributed by atoms with Crippen LogP contribution in [0.4, 0.5) is 5.95 Å². The minimum absolute atomic E-state index is 0.133. The Morgan fingerprint density at radius 1 is 1.24 bits per heavy atom. The van der Waals surface area contributed by atoms with Gasteiger partial charge in [0.1, 0.15) is 0 Å². The quantitative estimate of drug-likeness (QED) is 0.637. The molecule has 0 bridgehead atoms. The molecule has 2 heterocycles. The number of rotatable bonds is 8. The molecule has 0 aliphatic rings. The second-order valence-electron chi connectivity index (χ2n) is 4.84. The molecule has 0 fully saturated rings. The maximum absolute atomic E-state index is 12.0. The molecule has 0 aromatic carbocycles. The fourth-order valence-corrected chi connectivity index (χ4v) is 1.98. The van der Waals surface area contributed by atoms with Crippen molar-refractivity contribution in [3.8, 4) is 0 Å². The molecule has 2 rings (SSSR count). The van der Waals surface area contributed by atoms with Crippen molar-refractivity contribution in [2.75, 3.05) is 18.5 Å². The highest BCUT2D eigenvalue weighted by Gasteiger charge is 2.04. The molecule has 2 aromatic rings. The van der Waals surface area contributed by atoms with E-state index in [9.17, 15) is 4.79 Å². The normalized spacial score (nSPS) is 10.5. The lowest BCUT2D eigenvalue weighted by molar-refractivity contribution is 0.283. The molecule has 0 unspecified atom stereocenters. The van der Waals surface area contributed by atoms with Crippen LogP contribution in [0.2, 0.25) is 0 Å². The van der Waals surface area contributed by atoms with E-state index in [2.05, 4.69) is 20.3 Å². The zero-order valence-electron chi connectivity index (χ0n) is 11.9. The largest absolute Gasteiger partial charge is 0.396 e. The van der Waals surface area contributed by atoms with Gasteiger partial charge in [0.2, 0.25) is 5.95 Å². The Hall–Kier alpha value is -2.21. The van der Waals surface area contributed by atoms with Gasteiger partial charge in [-0.15, -0.1) is 0 Å². The molecule has 6 nitrogen and oxygen atoms in total. The molecule has 6 heteroatoms. The topological polar surface area (TPSA) is 90.9 Å². The summed E-state index contributed by atoms with van der Waals surface area (Å²) in [6, 6.07) is 3.78. The summed E-state index contributed by atoms with van der Waals surface area (Å²) in [5.74, 6) is 0.485. The van der Waals surface area contributed by atoms with Crippen molar-refractivity contribution < 1.29 is 5.11 Å². The van der Waals surface area contributed by atoms with Crippen molar-refractivity contribution in [1.29, 1.82) is 0 Å². The number of aromatic amines is 1. The van der Waals surface area contributed by atoms with Gasteiger partial charge in [-0.1, -0.05) is 6.07 Å². The van der Waals surface area contributed by atoms with Crippen molar-refractivity contribution >= 4 is 5.95 Å². The number of nitrogens with zero attached hydrogens (tertiary/aromatic N) is 2. The van der Waals surface area contributed by atoms with E-state index < -0.39 is 0 Å². The van der Waals surface area contributed by atoms with E-state index >= 15 is 0 Å². The van der Waals surface area contributed by atoms with Gasteiger partial charge >= 0.3 is 0 Å². The molecule has 0 saturated heterocycles. The van der Waals surface area contributed by atoms with Crippen molar-refractivity contribution in [1.82, 2.24) is 15.0 Å². The number of aliphatic hydroxyl groups excluding tert-OH is 1. The highest BCUT2D eigenvalue weighted by Crippen LogP contribution is 2.04. The first kappa shape index (κ1) is 15.2. The van der Waals surface area contributed by atoms with Gasteiger partial charge in [-0.25, -0.2) is 4.98 Å². The number of hydrogen-bond acceptors (Lipinski definition) is 5. The van der Waals surface area contributed by atoms with Crippen molar-refractivity contribution in [3.05, 3.63) is 52.2 Å². The fourth-order valence-electron chi connectivity index (χ4n) is 1.98.